The van der Waals surface area contributed by atoms with Crippen LogP contribution in [-0.4, -0.2) is 14.9 Å². The number of nitrogens with zero attached hydrogens (tertiary/aromatic N) is 2. The zero-order valence-corrected chi connectivity index (χ0v) is 10.5. The van der Waals surface area contributed by atoms with E-state index in [0.717, 1.165) is 17.7 Å². The van der Waals surface area contributed by atoms with Gasteiger partial charge in [-0.3, -0.25) is 0 Å². The molecule has 1 aromatic carbocycles. The van der Waals surface area contributed by atoms with Gasteiger partial charge in [0.1, 0.15) is 0 Å². The second kappa shape index (κ2) is 4.62. The Morgan fingerprint density at radius 1 is 1.24 bits per heavy atom. The maximum Gasteiger partial charge on any atom is 0.217 e. The van der Waals surface area contributed by atoms with Crippen molar-refractivity contribution in [1.29, 1.82) is 0 Å². The molecule has 90 valence electrons. The summed E-state index contributed by atoms with van der Waals surface area (Å²) < 4.78 is 1.65. The van der Waals surface area contributed by atoms with Crippen LogP contribution < -0.4 is 0 Å². The van der Waals surface area contributed by atoms with Gasteiger partial charge in [-0.25, -0.2) is 4.68 Å². The molecule has 0 saturated carbocycles. The molecule has 0 amide bonds. The highest BCUT2D eigenvalue weighted by atomic mass is 16.3. The highest BCUT2D eigenvalue weighted by Gasteiger charge is 2.11. The van der Waals surface area contributed by atoms with Gasteiger partial charge in [-0.15, -0.1) is 0 Å². The van der Waals surface area contributed by atoms with Crippen molar-refractivity contribution in [1.82, 2.24) is 9.78 Å². The average molecular weight is 230 g/mol. The zero-order chi connectivity index (χ0) is 12.4. The second-order valence-corrected chi connectivity index (χ2v) is 4.82. The first-order chi connectivity index (χ1) is 8.08. The number of hydrogen-bond donors (Lipinski definition) is 1. The number of aromatic hydroxyl groups is 1. The molecule has 0 bridgehead atoms. The Kier molecular flexibility index (Phi) is 3.18. The van der Waals surface area contributed by atoms with Crippen molar-refractivity contribution in [3.63, 3.8) is 0 Å². The SMILES string of the molecule is Cc1ccc(-c2cnn(CC(C)C)c2O)cc1. The molecule has 0 atom stereocenters. The Morgan fingerprint density at radius 3 is 2.47 bits per heavy atom. The fraction of sp³-hybridized carbons (Fsp3) is 0.357. The van der Waals surface area contributed by atoms with Gasteiger partial charge in [-0.2, -0.15) is 5.10 Å². The first-order valence-corrected chi connectivity index (χ1v) is 5.89. The number of rotatable bonds is 3. The summed E-state index contributed by atoms with van der Waals surface area (Å²) in [5.74, 6) is 0.717. The first kappa shape index (κ1) is 11.7. The van der Waals surface area contributed by atoms with Crippen LogP contribution in [-0.2, 0) is 6.54 Å². The molecule has 0 radical (unpaired) electrons. The third-order valence-electron chi connectivity index (χ3n) is 2.71. The summed E-state index contributed by atoms with van der Waals surface area (Å²) in [5, 5.41) is 14.3. The maximum absolute atomic E-state index is 10.1. The lowest BCUT2D eigenvalue weighted by molar-refractivity contribution is 0.373. The van der Waals surface area contributed by atoms with Crippen LogP contribution in [0.15, 0.2) is 30.5 Å². The van der Waals surface area contributed by atoms with E-state index in [2.05, 4.69) is 18.9 Å². The quantitative estimate of drug-likeness (QED) is 0.879. The Labute approximate surface area is 102 Å². The van der Waals surface area contributed by atoms with Crippen molar-refractivity contribution < 1.29 is 5.11 Å². The Balaban J connectivity index is 2.33. The van der Waals surface area contributed by atoms with Crippen LogP contribution >= 0.6 is 0 Å². The second-order valence-electron chi connectivity index (χ2n) is 4.82. The minimum Gasteiger partial charge on any atom is -0.493 e. The summed E-state index contributed by atoms with van der Waals surface area (Å²) in [7, 11) is 0. The molecule has 3 nitrogen and oxygen atoms in total. The minimum atomic E-state index is 0.252. The van der Waals surface area contributed by atoms with Crippen molar-refractivity contribution in [2.75, 3.05) is 0 Å². The predicted molar refractivity (Wildman–Crippen MR) is 68.9 cm³/mol. The zero-order valence-electron chi connectivity index (χ0n) is 10.5. The van der Waals surface area contributed by atoms with E-state index in [1.54, 1.807) is 10.9 Å². The van der Waals surface area contributed by atoms with Gasteiger partial charge in [-0.1, -0.05) is 43.7 Å². The van der Waals surface area contributed by atoms with Crippen LogP contribution in [0.1, 0.15) is 19.4 Å². The van der Waals surface area contributed by atoms with Gasteiger partial charge in [0.25, 0.3) is 0 Å². The van der Waals surface area contributed by atoms with Crippen molar-refractivity contribution in [3.05, 3.63) is 36.0 Å². The van der Waals surface area contributed by atoms with Crippen LogP contribution in [0.5, 0.6) is 5.88 Å². The molecule has 0 fully saturated rings. The summed E-state index contributed by atoms with van der Waals surface area (Å²) in [5.41, 5.74) is 3.01. The van der Waals surface area contributed by atoms with E-state index in [1.807, 2.05) is 31.2 Å². The minimum absolute atomic E-state index is 0.252. The van der Waals surface area contributed by atoms with E-state index in [1.165, 1.54) is 5.56 Å². The molecular formula is C14H18N2O. The molecule has 1 aromatic heterocycles. The van der Waals surface area contributed by atoms with Crippen molar-refractivity contribution >= 4 is 0 Å². The van der Waals surface area contributed by atoms with Gasteiger partial charge in [0, 0.05) is 6.54 Å². The molecule has 1 heterocycles. The molecular weight excluding hydrogens is 212 g/mol. The van der Waals surface area contributed by atoms with E-state index in [0.29, 0.717) is 5.92 Å². The van der Waals surface area contributed by atoms with E-state index < -0.39 is 0 Å². The predicted octanol–water partition coefficient (Wildman–Crippen LogP) is 3.22. The lowest BCUT2D eigenvalue weighted by Gasteiger charge is -2.06. The lowest BCUT2D eigenvalue weighted by atomic mass is 10.1. The molecule has 0 spiro atoms. The third-order valence-corrected chi connectivity index (χ3v) is 2.71. The van der Waals surface area contributed by atoms with Crippen LogP contribution in [0.3, 0.4) is 0 Å². The average Bonchev–Trinajstić information content (AvgIpc) is 2.61. The Morgan fingerprint density at radius 2 is 1.88 bits per heavy atom. The summed E-state index contributed by atoms with van der Waals surface area (Å²) in [6, 6.07) is 8.08. The standard InChI is InChI=1S/C14H18N2O/c1-10(2)9-16-14(17)13(8-15-16)12-6-4-11(3)5-7-12/h4-8,10,17H,9H2,1-3H3. The molecule has 2 aromatic rings. The van der Waals surface area contributed by atoms with Crippen LogP contribution in [0.4, 0.5) is 0 Å². The first-order valence-electron chi connectivity index (χ1n) is 5.89. The van der Waals surface area contributed by atoms with E-state index in [4.69, 9.17) is 0 Å². The molecule has 2 rings (SSSR count). The summed E-state index contributed by atoms with van der Waals surface area (Å²) in [6.07, 6.45) is 1.72. The van der Waals surface area contributed by atoms with E-state index >= 15 is 0 Å². The fourth-order valence-electron chi connectivity index (χ4n) is 1.80. The van der Waals surface area contributed by atoms with Gasteiger partial charge in [0.15, 0.2) is 0 Å². The summed E-state index contributed by atoms with van der Waals surface area (Å²) in [6.45, 7) is 6.99. The van der Waals surface area contributed by atoms with Gasteiger partial charge >= 0.3 is 0 Å². The highest BCUT2D eigenvalue weighted by Crippen LogP contribution is 2.29. The van der Waals surface area contributed by atoms with Crippen molar-refractivity contribution in [2.24, 2.45) is 5.92 Å². The van der Waals surface area contributed by atoms with Gasteiger partial charge < -0.3 is 5.11 Å². The molecule has 17 heavy (non-hydrogen) atoms. The summed E-state index contributed by atoms with van der Waals surface area (Å²) >= 11 is 0. The number of hydrogen-bond acceptors (Lipinski definition) is 2. The Bertz CT molecular complexity index is 497. The van der Waals surface area contributed by atoms with Gasteiger partial charge in [0.05, 0.1) is 11.8 Å². The topological polar surface area (TPSA) is 38.0 Å². The number of aromatic nitrogens is 2. The molecule has 0 aliphatic carbocycles. The normalized spacial score (nSPS) is 11.1. The smallest absolute Gasteiger partial charge is 0.217 e. The third kappa shape index (κ3) is 2.49. The van der Waals surface area contributed by atoms with Gasteiger partial charge in [-0.05, 0) is 18.4 Å². The molecule has 0 saturated heterocycles. The van der Waals surface area contributed by atoms with Crippen molar-refractivity contribution in [2.45, 2.75) is 27.3 Å². The number of benzene rings is 1. The Hall–Kier alpha value is -1.77. The highest BCUT2D eigenvalue weighted by molar-refractivity contribution is 5.67. The molecule has 0 aliphatic heterocycles. The van der Waals surface area contributed by atoms with Crippen molar-refractivity contribution in [3.8, 4) is 17.0 Å². The molecule has 3 heteroatoms. The van der Waals surface area contributed by atoms with Crippen LogP contribution in [0.2, 0.25) is 0 Å². The van der Waals surface area contributed by atoms with Crippen LogP contribution in [0.25, 0.3) is 11.1 Å². The molecule has 1 N–H and O–H groups in total. The fourth-order valence-corrected chi connectivity index (χ4v) is 1.80. The largest absolute Gasteiger partial charge is 0.493 e. The van der Waals surface area contributed by atoms with Crippen LogP contribution in [0, 0.1) is 12.8 Å². The lowest BCUT2D eigenvalue weighted by Crippen LogP contribution is -2.05. The monoisotopic (exact) mass is 230 g/mol. The van der Waals surface area contributed by atoms with Gasteiger partial charge in [0.2, 0.25) is 5.88 Å². The number of aryl methyl sites for hydroxylation is 1. The summed E-state index contributed by atoms with van der Waals surface area (Å²) in [4.78, 5) is 0. The van der Waals surface area contributed by atoms with E-state index in [9.17, 15) is 5.11 Å². The van der Waals surface area contributed by atoms with E-state index in [-0.39, 0.29) is 5.88 Å². The molecule has 0 unspecified atom stereocenters. The maximum atomic E-state index is 10.1. The molecule has 0 aliphatic rings.